The average molecular weight is 249 g/mol. The number of hydrogen-bond acceptors (Lipinski definition) is 3. The lowest BCUT2D eigenvalue weighted by molar-refractivity contribution is 0.0683. The van der Waals surface area contributed by atoms with Crippen LogP contribution in [-0.2, 0) is 0 Å². The first-order valence-corrected chi connectivity index (χ1v) is 5.29. The van der Waals surface area contributed by atoms with Gasteiger partial charge in [0.05, 0.1) is 5.69 Å². The van der Waals surface area contributed by atoms with Gasteiger partial charge < -0.3 is 5.11 Å². The third-order valence-corrected chi connectivity index (χ3v) is 2.44. The van der Waals surface area contributed by atoms with Crippen molar-refractivity contribution in [1.29, 1.82) is 0 Å². The van der Waals surface area contributed by atoms with Crippen LogP contribution in [-0.4, -0.2) is 21.0 Å². The van der Waals surface area contributed by atoms with Crippen molar-refractivity contribution in [3.63, 3.8) is 0 Å². The van der Waals surface area contributed by atoms with Gasteiger partial charge in [-0.3, -0.25) is 0 Å². The Morgan fingerprint density at radius 1 is 1.24 bits per heavy atom. The molecular formula is C12H9ClN2O2. The van der Waals surface area contributed by atoms with Gasteiger partial charge in [0.1, 0.15) is 0 Å². The first kappa shape index (κ1) is 11.5. The van der Waals surface area contributed by atoms with Crippen LogP contribution in [0, 0.1) is 6.92 Å². The van der Waals surface area contributed by atoms with E-state index in [-0.39, 0.29) is 5.82 Å². The molecule has 0 saturated heterocycles. The Labute approximate surface area is 103 Å². The highest BCUT2D eigenvalue weighted by atomic mass is 35.5. The van der Waals surface area contributed by atoms with E-state index in [0.717, 1.165) is 5.56 Å². The number of carboxylic acid groups (broad SMARTS) is 1. The van der Waals surface area contributed by atoms with Gasteiger partial charge in [0, 0.05) is 16.3 Å². The van der Waals surface area contributed by atoms with Gasteiger partial charge >= 0.3 is 5.97 Å². The van der Waals surface area contributed by atoms with Crippen LogP contribution in [0.15, 0.2) is 30.3 Å². The second kappa shape index (κ2) is 4.51. The molecule has 0 fully saturated rings. The zero-order valence-corrected chi connectivity index (χ0v) is 9.77. The molecule has 0 unspecified atom stereocenters. The van der Waals surface area contributed by atoms with Gasteiger partial charge in [-0.05, 0) is 25.1 Å². The Balaban J connectivity index is 2.51. The van der Waals surface area contributed by atoms with Gasteiger partial charge in [0.2, 0.25) is 5.82 Å². The Bertz CT molecular complexity index is 567. The molecule has 2 rings (SSSR count). The monoisotopic (exact) mass is 248 g/mol. The Hall–Kier alpha value is -1.94. The molecule has 2 aromatic rings. The molecule has 5 heteroatoms. The van der Waals surface area contributed by atoms with Crippen LogP contribution in [0.4, 0.5) is 0 Å². The third-order valence-electron chi connectivity index (χ3n) is 2.19. The van der Waals surface area contributed by atoms with Gasteiger partial charge in [0.15, 0.2) is 0 Å². The molecule has 0 aliphatic heterocycles. The normalized spacial score (nSPS) is 10.2. The lowest BCUT2D eigenvalue weighted by atomic mass is 10.1. The Morgan fingerprint density at radius 3 is 2.47 bits per heavy atom. The lowest BCUT2D eigenvalue weighted by Crippen LogP contribution is -2.06. The molecule has 0 radical (unpaired) electrons. The number of carboxylic acids is 1. The summed E-state index contributed by atoms with van der Waals surface area (Å²) in [5, 5.41) is 9.50. The summed E-state index contributed by atoms with van der Waals surface area (Å²) < 4.78 is 0. The van der Waals surface area contributed by atoms with E-state index in [4.69, 9.17) is 16.7 Å². The minimum absolute atomic E-state index is 0.199. The maximum atomic E-state index is 10.8. The molecule has 0 spiro atoms. The largest absolute Gasteiger partial charge is 0.475 e. The minimum Gasteiger partial charge on any atom is -0.475 e. The summed E-state index contributed by atoms with van der Waals surface area (Å²) in [6, 6.07) is 8.77. The summed E-state index contributed by atoms with van der Waals surface area (Å²) in [5.74, 6) is -1.33. The molecule has 4 nitrogen and oxygen atoms in total. The number of rotatable bonds is 2. The van der Waals surface area contributed by atoms with Crippen LogP contribution in [0.25, 0.3) is 11.3 Å². The standard InChI is InChI=1S/C12H9ClN2O2/c1-7-6-10(15-11(14-7)12(16)17)8-2-4-9(13)5-3-8/h2-6H,1H3,(H,16,17). The molecule has 0 atom stereocenters. The molecule has 0 bridgehead atoms. The van der Waals surface area contributed by atoms with Crippen molar-refractivity contribution < 1.29 is 9.90 Å². The van der Waals surface area contributed by atoms with Crippen molar-refractivity contribution in [2.24, 2.45) is 0 Å². The molecule has 17 heavy (non-hydrogen) atoms. The van der Waals surface area contributed by atoms with Gasteiger partial charge in [-0.15, -0.1) is 0 Å². The molecule has 1 N–H and O–H groups in total. The number of hydrogen-bond donors (Lipinski definition) is 1. The van der Waals surface area contributed by atoms with Crippen molar-refractivity contribution in [1.82, 2.24) is 9.97 Å². The summed E-state index contributed by atoms with van der Waals surface area (Å²) in [5.41, 5.74) is 2.00. The van der Waals surface area contributed by atoms with Crippen molar-refractivity contribution in [3.8, 4) is 11.3 Å². The number of benzene rings is 1. The van der Waals surface area contributed by atoms with Crippen molar-refractivity contribution in [2.75, 3.05) is 0 Å². The zero-order chi connectivity index (χ0) is 12.4. The topological polar surface area (TPSA) is 63.1 Å². The smallest absolute Gasteiger partial charge is 0.373 e. The maximum absolute atomic E-state index is 10.8. The number of aryl methyl sites for hydroxylation is 1. The third kappa shape index (κ3) is 2.60. The van der Waals surface area contributed by atoms with Crippen LogP contribution in [0.5, 0.6) is 0 Å². The number of aromatic carboxylic acids is 1. The SMILES string of the molecule is Cc1cc(-c2ccc(Cl)cc2)nc(C(=O)O)n1. The highest BCUT2D eigenvalue weighted by Gasteiger charge is 2.10. The molecule has 0 aliphatic rings. The van der Waals surface area contributed by atoms with E-state index in [9.17, 15) is 4.79 Å². The molecule has 1 aromatic carbocycles. The van der Waals surface area contributed by atoms with Gasteiger partial charge in [-0.25, -0.2) is 14.8 Å². The van der Waals surface area contributed by atoms with E-state index >= 15 is 0 Å². The quantitative estimate of drug-likeness (QED) is 0.888. The van der Waals surface area contributed by atoms with E-state index in [0.29, 0.717) is 16.4 Å². The van der Waals surface area contributed by atoms with Gasteiger partial charge in [-0.2, -0.15) is 0 Å². The highest BCUT2D eigenvalue weighted by Crippen LogP contribution is 2.20. The van der Waals surface area contributed by atoms with E-state index < -0.39 is 5.97 Å². The van der Waals surface area contributed by atoms with Crippen LogP contribution in [0.1, 0.15) is 16.3 Å². The van der Waals surface area contributed by atoms with E-state index in [1.807, 2.05) is 0 Å². The number of carbonyl (C=O) groups is 1. The lowest BCUT2D eigenvalue weighted by Gasteiger charge is -2.03. The highest BCUT2D eigenvalue weighted by molar-refractivity contribution is 6.30. The summed E-state index contributed by atoms with van der Waals surface area (Å²) in [4.78, 5) is 18.7. The predicted octanol–water partition coefficient (Wildman–Crippen LogP) is 2.80. The van der Waals surface area contributed by atoms with E-state index in [1.54, 1.807) is 37.3 Å². The van der Waals surface area contributed by atoms with Crippen molar-refractivity contribution in [2.45, 2.75) is 6.92 Å². The summed E-state index contributed by atoms with van der Waals surface area (Å²) in [7, 11) is 0. The fourth-order valence-electron chi connectivity index (χ4n) is 1.43. The second-order valence-electron chi connectivity index (χ2n) is 3.53. The fraction of sp³-hybridized carbons (Fsp3) is 0.0833. The van der Waals surface area contributed by atoms with Crippen molar-refractivity contribution in [3.05, 3.63) is 46.9 Å². The van der Waals surface area contributed by atoms with Crippen molar-refractivity contribution >= 4 is 17.6 Å². The van der Waals surface area contributed by atoms with Crippen LogP contribution in [0.3, 0.4) is 0 Å². The second-order valence-corrected chi connectivity index (χ2v) is 3.97. The van der Waals surface area contributed by atoms with Crippen LogP contribution >= 0.6 is 11.6 Å². The first-order chi connectivity index (χ1) is 8.06. The summed E-state index contributed by atoms with van der Waals surface area (Å²) in [6.45, 7) is 1.73. The Kier molecular flexibility index (Phi) is 3.06. The molecule has 1 aromatic heterocycles. The van der Waals surface area contributed by atoms with Crippen LogP contribution in [0.2, 0.25) is 5.02 Å². The minimum atomic E-state index is -1.14. The molecular weight excluding hydrogens is 240 g/mol. The Morgan fingerprint density at radius 2 is 1.88 bits per heavy atom. The summed E-state index contributed by atoms with van der Waals surface area (Å²) >= 11 is 5.79. The van der Waals surface area contributed by atoms with Gasteiger partial charge in [-0.1, -0.05) is 23.7 Å². The van der Waals surface area contributed by atoms with Gasteiger partial charge in [0.25, 0.3) is 0 Å². The molecule has 0 aliphatic carbocycles. The number of halogens is 1. The fourth-order valence-corrected chi connectivity index (χ4v) is 1.56. The van der Waals surface area contributed by atoms with E-state index in [2.05, 4.69) is 9.97 Å². The van der Waals surface area contributed by atoms with Crippen LogP contribution < -0.4 is 0 Å². The number of aromatic nitrogens is 2. The van der Waals surface area contributed by atoms with E-state index in [1.165, 1.54) is 0 Å². The average Bonchev–Trinajstić information content (AvgIpc) is 2.29. The first-order valence-electron chi connectivity index (χ1n) is 4.91. The molecule has 86 valence electrons. The molecule has 1 heterocycles. The summed E-state index contributed by atoms with van der Waals surface area (Å²) in [6.07, 6.45) is 0. The predicted molar refractivity (Wildman–Crippen MR) is 64.2 cm³/mol. The maximum Gasteiger partial charge on any atom is 0.373 e. The molecule has 0 saturated carbocycles. The molecule has 0 amide bonds. The number of nitrogens with zero attached hydrogens (tertiary/aromatic N) is 2. The zero-order valence-electron chi connectivity index (χ0n) is 9.01.